The summed E-state index contributed by atoms with van der Waals surface area (Å²) in [7, 11) is 0. The van der Waals surface area contributed by atoms with Crippen LogP contribution in [0.1, 0.15) is 58.3 Å². The first kappa shape index (κ1) is 25.4. The molecule has 3 N–H and O–H groups in total. The monoisotopic (exact) mass is 478 g/mol. The summed E-state index contributed by atoms with van der Waals surface area (Å²) < 4.78 is 28.3. The molecule has 0 bridgehead atoms. The number of carboxylic acid groups (broad SMARTS) is 1. The van der Waals surface area contributed by atoms with Crippen molar-refractivity contribution in [1.82, 2.24) is 10.3 Å². The van der Waals surface area contributed by atoms with E-state index in [0.717, 1.165) is 18.2 Å². The third-order valence-electron chi connectivity index (χ3n) is 5.35. The Morgan fingerprint density at radius 3 is 2.43 bits per heavy atom. The number of nitrogens with zero attached hydrogens (tertiary/aromatic N) is 1. The van der Waals surface area contributed by atoms with Crippen molar-refractivity contribution in [2.45, 2.75) is 33.7 Å². The zero-order chi connectivity index (χ0) is 25.9. The number of aliphatic carboxylic acids is 1. The van der Waals surface area contributed by atoms with Gasteiger partial charge in [0.15, 0.2) is 0 Å². The van der Waals surface area contributed by atoms with Gasteiger partial charge in [-0.15, -0.1) is 0 Å². The number of carboxylic acids is 1. The molecule has 0 aliphatic rings. The summed E-state index contributed by atoms with van der Waals surface area (Å²) in [5, 5.41) is 22.3. The predicted octanol–water partition coefficient (Wildman–Crippen LogP) is 4.66. The summed E-state index contributed by atoms with van der Waals surface area (Å²) in [6, 6.07) is 9.49. The van der Waals surface area contributed by atoms with E-state index in [9.17, 15) is 28.6 Å². The lowest BCUT2D eigenvalue weighted by Crippen LogP contribution is -2.30. The molecule has 0 saturated heterocycles. The number of nitrogens with one attached hydrogen (secondary N) is 1. The van der Waals surface area contributed by atoms with Crippen LogP contribution in [0.25, 0.3) is 0 Å². The van der Waals surface area contributed by atoms with Gasteiger partial charge in [-0.1, -0.05) is 24.0 Å². The fraction of sp³-hybridized carbons (Fsp3) is 0.222. The third kappa shape index (κ3) is 6.01. The summed E-state index contributed by atoms with van der Waals surface area (Å²) >= 11 is 0. The molecule has 0 unspecified atom stereocenters. The van der Waals surface area contributed by atoms with Crippen LogP contribution in [0.5, 0.6) is 5.75 Å². The first-order valence-electron chi connectivity index (χ1n) is 10.7. The van der Waals surface area contributed by atoms with E-state index in [2.05, 4.69) is 22.1 Å². The van der Waals surface area contributed by atoms with E-state index in [-0.39, 0.29) is 17.0 Å². The predicted molar refractivity (Wildman–Crippen MR) is 126 cm³/mol. The van der Waals surface area contributed by atoms with Crippen LogP contribution in [0.4, 0.5) is 8.78 Å². The van der Waals surface area contributed by atoms with Gasteiger partial charge in [-0.3, -0.25) is 9.59 Å². The maximum atomic E-state index is 14.3. The highest BCUT2D eigenvalue weighted by Gasteiger charge is 2.25. The molecule has 0 fully saturated rings. The van der Waals surface area contributed by atoms with Crippen LogP contribution < -0.4 is 5.32 Å². The number of aryl methyl sites for hydroxylation is 2. The maximum absolute atomic E-state index is 14.3. The standard InChI is InChI=1S/C27H24F2N2O4/c1-15-5-6-18(13-21(15)29)24(20-14-19(28)7-8-23(20)32)31-25(33)22-12-17(11-16(2)30-22)9-10-27(3,4)26(34)35/h5-8,11-14,24,32H,1-4H3,(H,31,33)(H,34,35)/t24-/m1/s1. The summed E-state index contributed by atoms with van der Waals surface area (Å²) in [5.41, 5.74) is 0.224. The van der Waals surface area contributed by atoms with Gasteiger partial charge in [-0.05, 0) is 75.2 Å². The van der Waals surface area contributed by atoms with Gasteiger partial charge in [0.2, 0.25) is 0 Å². The number of benzene rings is 2. The average molecular weight is 478 g/mol. The molecule has 35 heavy (non-hydrogen) atoms. The molecule has 3 aromatic rings. The normalized spacial score (nSPS) is 11.8. The molecule has 0 aliphatic carbocycles. The minimum absolute atomic E-state index is 0.0316. The number of aromatic nitrogens is 1. The van der Waals surface area contributed by atoms with Crippen molar-refractivity contribution in [3.05, 3.63) is 93.8 Å². The summed E-state index contributed by atoms with van der Waals surface area (Å²) in [6.07, 6.45) is 0. The Morgan fingerprint density at radius 1 is 1.06 bits per heavy atom. The van der Waals surface area contributed by atoms with Crippen molar-refractivity contribution < 1.29 is 28.6 Å². The Balaban J connectivity index is 2.03. The van der Waals surface area contributed by atoms with Crippen LogP contribution in [-0.2, 0) is 4.79 Å². The summed E-state index contributed by atoms with van der Waals surface area (Å²) in [6.45, 7) is 6.15. The first-order valence-corrected chi connectivity index (χ1v) is 10.7. The van der Waals surface area contributed by atoms with Crippen molar-refractivity contribution in [3.63, 3.8) is 0 Å². The number of carbonyl (C=O) groups is 2. The van der Waals surface area contributed by atoms with Crippen molar-refractivity contribution in [2.24, 2.45) is 5.41 Å². The molecule has 3 rings (SSSR count). The second kappa shape index (κ2) is 9.94. The van der Waals surface area contributed by atoms with Gasteiger partial charge in [0.05, 0.1) is 6.04 Å². The van der Waals surface area contributed by atoms with Gasteiger partial charge >= 0.3 is 5.97 Å². The molecule has 8 heteroatoms. The van der Waals surface area contributed by atoms with E-state index in [4.69, 9.17) is 0 Å². The topological polar surface area (TPSA) is 99.5 Å². The minimum Gasteiger partial charge on any atom is -0.508 e. The molecule has 2 aromatic carbocycles. The van der Waals surface area contributed by atoms with Crippen molar-refractivity contribution in [2.75, 3.05) is 0 Å². The number of hydrogen-bond acceptors (Lipinski definition) is 4. The molecule has 0 saturated carbocycles. The molecule has 1 amide bonds. The molecule has 6 nitrogen and oxygen atoms in total. The largest absolute Gasteiger partial charge is 0.508 e. The van der Waals surface area contributed by atoms with Gasteiger partial charge in [-0.25, -0.2) is 13.8 Å². The second-order valence-corrected chi connectivity index (χ2v) is 8.68. The zero-order valence-electron chi connectivity index (χ0n) is 19.6. The number of phenolic OH excluding ortho intramolecular Hbond substituents is 1. The molecular formula is C27H24F2N2O4. The van der Waals surface area contributed by atoms with Crippen LogP contribution in [0.3, 0.4) is 0 Å². The van der Waals surface area contributed by atoms with Gasteiger partial charge in [-0.2, -0.15) is 0 Å². The van der Waals surface area contributed by atoms with Crippen LogP contribution in [0.15, 0.2) is 48.5 Å². The Hall–Kier alpha value is -4.25. The summed E-state index contributed by atoms with van der Waals surface area (Å²) in [5.74, 6) is 2.21. The summed E-state index contributed by atoms with van der Waals surface area (Å²) in [4.78, 5) is 28.7. The van der Waals surface area contributed by atoms with E-state index in [0.29, 0.717) is 22.4 Å². The Bertz CT molecular complexity index is 1370. The second-order valence-electron chi connectivity index (χ2n) is 8.68. The van der Waals surface area contributed by atoms with Gasteiger partial charge in [0, 0.05) is 16.8 Å². The quantitative estimate of drug-likeness (QED) is 0.463. The number of pyridine rings is 1. The van der Waals surface area contributed by atoms with Crippen molar-refractivity contribution >= 4 is 11.9 Å². The highest BCUT2D eigenvalue weighted by molar-refractivity contribution is 5.93. The van der Waals surface area contributed by atoms with Gasteiger partial charge < -0.3 is 15.5 Å². The Labute approximate surface area is 201 Å². The van der Waals surface area contributed by atoms with E-state index in [1.54, 1.807) is 26.0 Å². The SMILES string of the molecule is Cc1cc(C#CC(C)(C)C(=O)O)cc(C(=O)N[C@H](c2ccc(C)c(F)c2)c2cc(F)ccc2O)n1. The van der Waals surface area contributed by atoms with E-state index in [1.165, 1.54) is 32.0 Å². The number of amides is 1. The number of halogens is 2. The number of carbonyl (C=O) groups excluding carboxylic acids is 1. The van der Waals surface area contributed by atoms with Gasteiger partial charge in [0.25, 0.3) is 5.91 Å². The van der Waals surface area contributed by atoms with Crippen LogP contribution in [0.2, 0.25) is 0 Å². The van der Waals surface area contributed by atoms with Crippen LogP contribution in [-0.4, -0.2) is 27.1 Å². The number of hydrogen-bond donors (Lipinski definition) is 3. The molecule has 1 aromatic heterocycles. The fourth-order valence-corrected chi connectivity index (χ4v) is 3.23. The average Bonchev–Trinajstić information content (AvgIpc) is 2.79. The number of rotatable bonds is 5. The Morgan fingerprint density at radius 2 is 1.77 bits per heavy atom. The van der Waals surface area contributed by atoms with Crippen LogP contribution in [0, 0.1) is 42.7 Å². The van der Waals surface area contributed by atoms with E-state index in [1.807, 2.05) is 0 Å². The third-order valence-corrected chi connectivity index (χ3v) is 5.35. The Kier molecular flexibility index (Phi) is 7.20. The lowest BCUT2D eigenvalue weighted by atomic mass is 9.94. The molecular weight excluding hydrogens is 454 g/mol. The van der Waals surface area contributed by atoms with Crippen molar-refractivity contribution in [3.8, 4) is 17.6 Å². The van der Waals surface area contributed by atoms with Gasteiger partial charge in [0.1, 0.15) is 28.5 Å². The number of phenols is 1. The van der Waals surface area contributed by atoms with E-state index < -0.39 is 35.0 Å². The van der Waals surface area contributed by atoms with Crippen molar-refractivity contribution in [1.29, 1.82) is 0 Å². The molecule has 0 aliphatic heterocycles. The van der Waals surface area contributed by atoms with Crippen LogP contribution >= 0.6 is 0 Å². The lowest BCUT2D eigenvalue weighted by molar-refractivity contribution is -0.143. The molecule has 0 spiro atoms. The lowest BCUT2D eigenvalue weighted by Gasteiger charge is -2.21. The van der Waals surface area contributed by atoms with E-state index >= 15 is 0 Å². The first-order chi connectivity index (χ1) is 16.4. The smallest absolute Gasteiger partial charge is 0.321 e. The zero-order valence-corrected chi connectivity index (χ0v) is 19.6. The highest BCUT2D eigenvalue weighted by Crippen LogP contribution is 2.31. The number of aromatic hydroxyl groups is 1. The fourth-order valence-electron chi connectivity index (χ4n) is 3.23. The highest BCUT2D eigenvalue weighted by atomic mass is 19.1. The minimum atomic E-state index is -1.30. The molecule has 180 valence electrons. The molecule has 1 heterocycles. The maximum Gasteiger partial charge on any atom is 0.321 e. The molecule has 1 atom stereocenters. The molecule has 0 radical (unpaired) electrons.